The minimum absolute atomic E-state index is 0.171. The summed E-state index contributed by atoms with van der Waals surface area (Å²) >= 11 is 0. The van der Waals surface area contributed by atoms with Gasteiger partial charge in [-0.1, -0.05) is 56.3 Å². The standard InChI is InChI=1S/C28H36N4O2/c1-19-12-20(2)17-32(16-19)18-23-9-5-4-8-22(23)14-30-28(34)27(31-21(3)33)13-24-15-29-26-11-7-6-10-25(24)26/h4-11,15,19-20,27,29H,12-14,16-18H2,1-3H3,(H,30,34)(H,31,33). The third kappa shape index (κ3) is 6.06. The molecule has 4 rings (SSSR count). The molecule has 2 heterocycles. The third-order valence-corrected chi connectivity index (χ3v) is 6.70. The number of nitrogens with one attached hydrogen (secondary N) is 3. The van der Waals surface area contributed by atoms with Gasteiger partial charge in [-0.05, 0) is 41.0 Å². The lowest BCUT2D eigenvalue weighted by Crippen LogP contribution is -2.47. The Labute approximate surface area is 202 Å². The molecule has 3 atom stereocenters. The van der Waals surface area contributed by atoms with E-state index in [2.05, 4.69) is 52.6 Å². The van der Waals surface area contributed by atoms with Crippen LogP contribution in [0.3, 0.4) is 0 Å². The molecule has 1 aliphatic heterocycles. The van der Waals surface area contributed by atoms with E-state index in [0.717, 1.165) is 41.7 Å². The van der Waals surface area contributed by atoms with Crippen molar-refractivity contribution in [3.8, 4) is 0 Å². The molecular formula is C28H36N4O2. The maximum absolute atomic E-state index is 13.2. The summed E-state index contributed by atoms with van der Waals surface area (Å²) in [6.07, 6.45) is 3.64. The van der Waals surface area contributed by atoms with Crippen molar-refractivity contribution < 1.29 is 9.59 Å². The number of piperidine rings is 1. The Morgan fingerprint density at radius 1 is 1.00 bits per heavy atom. The van der Waals surface area contributed by atoms with E-state index in [4.69, 9.17) is 0 Å². The molecule has 2 aromatic carbocycles. The van der Waals surface area contributed by atoms with Crippen LogP contribution in [0.5, 0.6) is 0 Å². The molecule has 1 saturated heterocycles. The zero-order chi connectivity index (χ0) is 24.1. The second-order valence-electron chi connectivity index (χ2n) is 9.94. The summed E-state index contributed by atoms with van der Waals surface area (Å²) in [5, 5.41) is 6.98. The van der Waals surface area contributed by atoms with Gasteiger partial charge < -0.3 is 15.6 Å². The van der Waals surface area contributed by atoms with Crippen LogP contribution >= 0.6 is 0 Å². The van der Waals surface area contributed by atoms with Crippen molar-refractivity contribution in [3.63, 3.8) is 0 Å². The SMILES string of the molecule is CC(=O)NC(Cc1c[nH]c2ccccc12)C(=O)NCc1ccccc1CN1CC(C)CC(C)C1. The molecule has 34 heavy (non-hydrogen) atoms. The minimum atomic E-state index is -0.632. The second-order valence-corrected chi connectivity index (χ2v) is 9.94. The number of amides is 2. The van der Waals surface area contributed by atoms with E-state index in [9.17, 15) is 9.59 Å². The van der Waals surface area contributed by atoms with Gasteiger partial charge in [0, 0.05) is 56.6 Å². The number of aromatic nitrogens is 1. The first-order chi connectivity index (χ1) is 16.4. The molecule has 3 unspecified atom stereocenters. The molecule has 0 bridgehead atoms. The zero-order valence-corrected chi connectivity index (χ0v) is 20.4. The Bertz CT molecular complexity index is 1130. The summed E-state index contributed by atoms with van der Waals surface area (Å²) < 4.78 is 0. The smallest absolute Gasteiger partial charge is 0.243 e. The maximum atomic E-state index is 13.2. The largest absolute Gasteiger partial charge is 0.361 e. The first-order valence-electron chi connectivity index (χ1n) is 12.3. The Kier molecular flexibility index (Phi) is 7.68. The molecule has 3 N–H and O–H groups in total. The van der Waals surface area contributed by atoms with Crippen LogP contribution in [-0.2, 0) is 29.1 Å². The third-order valence-electron chi connectivity index (χ3n) is 6.70. The van der Waals surface area contributed by atoms with E-state index in [1.165, 1.54) is 18.9 Å². The lowest BCUT2D eigenvalue weighted by molar-refractivity contribution is -0.128. The van der Waals surface area contributed by atoms with Gasteiger partial charge in [-0.25, -0.2) is 0 Å². The van der Waals surface area contributed by atoms with Crippen molar-refractivity contribution in [3.05, 3.63) is 71.4 Å². The molecule has 0 aliphatic carbocycles. The molecule has 1 aliphatic rings. The number of nitrogens with zero attached hydrogens (tertiary/aromatic N) is 1. The maximum Gasteiger partial charge on any atom is 0.243 e. The molecule has 6 nitrogen and oxygen atoms in total. The van der Waals surface area contributed by atoms with Crippen molar-refractivity contribution >= 4 is 22.7 Å². The van der Waals surface area contributed by atoms with Crippen LogP contribution in [-0.4, -0.2) is 40.8 Å². The fourth-order valence-electron chi connectivity index (χ4n) is 5.33. The van der Waals surface area contributed by atoms with Crippen LogP contribution in [0.25, 0.3) is 10.9 Å². The fraction of sp³-hybridized carbons (Fsp3) is 0.429. The predicted octanol–water partition coefficient (Wildman–Crippen LogP) is 4.01. The van der Waals surface area contributed by atoms with E-state index < -0.39 is 6.04 Å². The average molecular weight is 461 g/mol. The number of H-pyrrole nitrogens is 1. The molecule has 0 saturated carbocycles. The highest BCUT2D eigenvalue weighted by atomic mass is 16.2. The van der Waals surface area contributed by atoms with Crippen LogP contribution in [0.2, 0.25) is 0 Å². The fourth-order valence-corrected chi connectivity index (χ4v) is 5.33. The van der Waals surface area contributed by atoms with Crippen LogP contribution in [0, 0.1) is 11.8 Å². The Morgan fingerprint density at radius 3 is 2.41 bits per heavy atom. The number of carbonyl (C=O) groups excluding carboxylic acids is 2. The summed E-state index contributed by atoms with van der Waals surface area (Å²) in [5.41, 5.74) is 4.40. The van der Waals surface area contributed by atoms with Gasteiger partial charge in [0.1, 0.15) is 6.04 Å². The predicted molar refractivity (Wildman–Crippen MR) is 136 cm³/mol. The van der Waals surface area contributed by atoms with Crippen molar-refractivity contribution in [2.75, 3.05) is 13.1 Å². The van der Waals surface area contributed by atoms with Crippen molar-refractivity contribution in [2.45, 2.75) is 52.7 Å². The minimum Gasteiger partial charge on any atom is -0.361 e. The van der Waals surface area contributed by atoms with Gasteiger partial charge in [0.25, 0.3) is 0 Å². The lowest BCUT2D eigenvalue weighted by atomic mass is 9.91. The number of fused-ring (bicyclic) bond motifs is 1. The van der Waals surface area contributed by atoms with E-state index in [1.54, 1.807) is 0 Å². The van der Waals surface area contributed by atoms with Crippen LogP contribution in [0.4, 0.5) is 0 Å². The van der Waals surface area contributed by atoms with Gasteiger partial charge in [0.15, 0.2) is 0 Å². The number of hydrogen-bond acceptors (Lipinski definition) is 3. The summed E-state index contributed by atoms with van der Waals surface area (Å²) in [6.45, 7) is 9.66. The molecule has 1 fully saturated rings. The Hall–Kier alpha value is -3.12. The quantitative estimate of drug-likeness (QED) is 0.475. The number of rotatable bonds is 8. The number of aromatic amines is 1. The van der Waals surface area contributed by atoms with Gasteiger partial charge in [-0.15, -0.1) is 0 Å². The highest BCUT2D eigenvalue weighted by Crippen LogP contribution is 2.23. The summed E-state index contributed by atoms with van der Waals surface area (Å²) in [6, 6.07) is 15.7. The number of hydrogen-bond donors (Lipinski definition) is 3. The molecular weight excluding hydrogens is 424 g/mol. The topological polar surface area (TPSA) is 77.2 Å². The van der Waals surface area contributed by atoms with Gasteiger partial charge in [0.2, 0.25) is 11.8 Å². The first-order valence-corrected chi connectivity index (χ1v) is 12.3. The molecule has 2 amide bonds. The molecule has 0 radical (unpaired) electrons. The molecule has 0 spiro atoms. The van der Waals surface area contributed by atoms with E-state index in [0.29, 0.717) is 24.8 Å². The van der Waals surface area contributed by atoms with Crippen LogP contribution < -0.4 is 10.6 Å². The van der Waals surface area contributed by atoms with E-state index in [1.807, 2.05) is 36.5 Å². The van der Waals surface area contributed by atoms with Crippen molar-refractivity contribution in [1.82, 2.24) is 20.5 Å². The average Bonchev–Trinajstić information content (AvgIpc) is 3.20. The summed E-state index contributed by atoms with van der Waals surface area (Å²) in [7, 11) is 0. The van der Waals surface area contributed by atoms with Crippen LogP contribution in [0.1, 0.15) is 43.9 Å². The van der Waals surface area contributed by atoms with Crippen molar-refractivity contribution in [1.29, 1.82) is 0 Å². The van der Waals surface area contributed by atoms with Crippen molar-refractivity contribution in [2.24, 2.45) is 11.8 Å². The van der Waals surface area contributed by atoms with Gasteiger partial charge in [0.05, 0.1) is 0 Å². The van der Waals surface area contributed by atoms with E-state index >= 15 is 0 Å². The normalized spacial score (nSPS) is 19.6. The highest BCUT2D eigenvalue weighted by molar-refractivity contribution is 5.89. The summed E-state index contributed by atoms with van der Waals surface area (Å²) in [5.74, 6) is 1.03. The molecule has 1 aromatic heterocycles. The van der Waals surface area contributed by atoms with Crippen LogP contribution in [0.15, 0.2) is 54.7 Å². The first kappa shape index (κ1) is 24.0. The molecule has 6 heteroatoms. The lowest BCUT2D eigenvalue weighted by Gasteiger charge is -2.35. The van der Waals surface area contributed by atoms with Gasteiger partial charge in [-0.2, -0.15) is 0 Å². The molecule has 180 valence electrons. The molecule has 3 aromatic rings. The number of likely N-dealkylation sites (tertiary alicyclic amines) is 1. The monoisotopic (exact) mass is 460 g/mol. The second kappa shape index (κ2) is 10.9. The van der Waals surface area contributed by atoms with Gasteiger partial charge >= 0.3 is 0 Å². The number of benzene rings is 2. The number of carbonyl (C=O) groups is 2. The number of para-hydroxylation sites is 1. The summed E-state index contributed by atoms with van der Waals surface area (Å²) in [4.78, 5) is 30.8. The Balaban J connectivity index is 1.43. The van der Waals surface area contributed by atoms with Gasteiger partial charge in [-0.3, -0.25) is 14.5 Å². The Morgan fingerprint density at radius 2 is 1.68 bits per heavy atom. The highest BCUT2D eigenvalue weighted by Gasteiger charge is 2.24. The zero-order valence-electron chi connectivity index (χ0n) is 20.4. The van der Waals surface area contributed by atoms with E-state index in [-0.39, 0.29) is 11.8 Å².